The lowest BCUT2D eigenvalue weighted by molar-refractivity contribution is 0.228. The normalized spacial score (nSPS) is 13.1. The van der Waals surface area contributed by atoms with Crippen LogP contribution < -0.4 is 10.1 Å². The summed E-state index contributed by atoms with van der Waals surface area (Å²) in [5.41, 5.74) is 2.42. The number of ether oxygens (including phenoxy) is 1. The van der Waals surface area contributed by atoms with Gasteiger partial charge in [0.2, 0.25) is 0 Å². The van der Waals surface area contributed by atoms with Gasteiger partial charge in [0.1, 0.15) is 17.4 Å². The molecule has 1 aromatic heterocycles. The Balaban J connectivity index is 2.18. The third kappa shape index (κ3) is 5.74. The summed E-state index contributed by atoms with van der Waals surface area (Å²) in [6.45, 7) is 7.44. The molecule has 0 unspecified atom stereocenters. The molecule has 0 aliphatic carbocycles. The molecule has 0 saturated carbocycles. The number of hydrogen-bond donors (Lipinski definition) is 3. The highest BCUT2D eigenvalue weighted by atomic mass is 35.5. The summed E-state index contributed by atoms with van der Waals surface area (Å²) in [6.07, 6.45) is 9.85. The minimum Gasteiger partial charge on any atom is -0.483 e. The van der Waals surface area contributed by atoms with Crippen molar-refractivity contribution in [1.82, 2.24) is 15.3 Å². The van der Waals surface area contributed by atoms with Gasteiger partial charge in [0.15, 0.2) is 0 Å². The molecule has 5 nitrogen and oxygen atoms in total. The Kier molecular flexibility index (Phi) is 7.73. The number of aliphatic hydroxyl groups is 1. The fourth-order valence-corrected chi connectivity index (χ4v) is 2.59. The van der Waals surface area contributed by atoms with E-state index in [1.54, 1.807) is 12.4 Å². The first-order valence-electron chi connectivity index (χ1n) is 8.24. The van der Waals surface area contributed by atoms with Gasteiger partial charge in [0.05, 0.1) is 18.5 Å². The minimum atomic E-state index is -0.230. The molecule has 0 bridgehead atoms. The largest absolute Gasteiger partial charge is 0.483 e. The van der Waals surface area contributed by atoms with Crippen molar-refractivity contribution in [2.45, 2.75) is 19.4 Å². The first kappa shape index (κ1) is 19.2. The molecule has 0 aliphatic heterocycles. The lowest BCUT2D eigenvalue weighted by Crippen LogP contribution is -2.27. The van der Waals surface area contributed by atoms with E-state index in [2.05, 4.69) is 21.9 Å². The molecule has 0 radical (unpaired) electrons. The summed E-state index contributed by atoms with van der Waals surface area (Å²) in [7, 11) is 0. The smallest absolute Gasteiger partial charge is 0.149 e. The number of hydrogen-bond acceptors (Lipinski definition) is 4. The van der Waals surface area contributed by atoms with E-state index in [0.717, 1.165) is 16.6 Å². The van der Waals surface area contributed by atoms with Crippen LogP contribution in [0.2, 0.25) is 5.02 Å². The van der Waals surface area contributed by atoms with Gasteiger partial charge < -0.3 is 20.1 Å². The zero-order chi connectivity index (χ0) is 18.1. The average Bonchev–Trinajstić information content (AvgIpc) is 3.06. The number of H-pyrrole nitrogens is 1. The quantitative estimate of drug-likeness (QED) is 0.446. The molecular formula is C19H24ClN3O2. The number of aliphatic hydroxyl groups excluding tert-OH is 1. The summed E-state index contributed by atoms with van der Waals surface area (Å²) in [4.78, 5) is 7.35. The summed E-state index contributed by atoms with van der Waals surface area (Å²) in [6, 6.07) is 3.58. The predicted molar refractivity (Wildman–Crippen MR) is 103 cm³/mol. The molecule has 1 atom stereocenters. The van der Waals surface area contributed by atoms with Gasteiger partial charge in [-0.15, -0.1) is 0 Å². The van der Waals surface area contributed by atoms with Crippen molar-refractivity contribution in [2.75, 3.05) is 19.7 Å². The van der Waals surface area contributed by atoms with E-state index in [9.17, 15) is 0 Å². The van der Waals surface area contributed by atoms with E-state index < -0.39 is 0 Å². The molecule has 2 aromatic rings. The number of nitrogens with zero attached hydrogens (tertiary/aromatic N) is 1. The molecule has 1 aromatic carbocycles. The standard InChI is InChI=1S/C19H24ClN3O2/c1-3-4-5-6-14(2)17(7-8-21-9-10-24)25-18-12-15(20)11-16-19(18)23-13-22-16/h3-6,11-13,17,21,24H,2,7-10H2,1H3,(H,22,23)/b4-3-,6-5-/t17-/m1/s1. The number of benzene rings is 1. The molecular weight excluding hydrogens is 338 g/mol. The first-order valence-corrected chi connectivity index (χ1v) is 8.62. The van der Waals surface area contributed by atoms with E-state index in [1.807, 2.05) is 37.3 Å². The van der Waals surface area contributed by atoms with E-state index in [1.165, 1.54) is 0 Å². The van der Waals surface area contributed by atoms with Crippen LogP contribution in [0.15, 0.2) is 54.9 Å². The van der Waals surface area contributed by atoms with Crippen molar-refractivity contribution >= 4 is 22.6 Å². The Hall–Kier alpha value is -2.08. The van der Waals surface area contributed by atoms with Gasteiger partial charge in [-0.2, -0.15) is 0 Å². The maximum absolute atomic E-state index is 8.89. The van der Waals surface area contributed by atoms with Crippen molar-refractivity contribution in [3.63, 3.8) is 0 Å². The van der Waals surface area contributed by atoms with E-state index >= 15 is 0 Å². The van der Waals surface area contributed by atoms with Crippen LogP contribution in [0.1, 0.15) is 13.3 Å². The Bertz CT molecular complexity index is 752. The molecule has 0 spiro atoms. The Morgan fingerprint density at radius 1 is 1.44 bits per heavy atom. The van der Waals surface area contributed by atoms with Gasteiger partial charge in [-0.05, 0) is 25.1 Å². The number of imidazole rings is 1. The van der Waals surface area contributed by atoms with Gasteiger partial charge in [-0.25, -0.2) is 4.98 Å². The van der Waals surface area contributed by atoms with Crippen molar-refractivity contribution in [3.8, 4) is 5.75 Å². The van der Waals surface area contributed by atoms with Crippen LogP contribution in [0.25, 0.3) is 11.0 Å². The zero-order valence-corrected chi connectivity index (χ0v) is 15.1. The third-order valence-electron chi connectivity index (χ3n) is 3.62. The van der Waals surface area contributed by atoms with Crippen molar-refractivity contribution < 1.29 is 9.84 Å². The molecule has 1 heterocycles. The molecule has 0 fully saturated rings. The molecule has 6 heteroatoms. The fraction of sp³-hybridized carbons (Fsp3) is 0.316. The second kappa shape index (κ2) is 10.0. The average molecular weight is 362 g/mol. The number of nitrogens with one attached hydrogen (secondary N) is 2. The number of aromatic amines is 1. The summed E-state index contributed by atoms with van der Waals surface area (Å²) in [5, 5.41) is 12.6. The van der Waals surface area contributed by atoms with Gasteiger partial charge in [0, 0.05) is 24.1 Å². The van der Waals surface area contributed by atoms with Gasteiger partial charge in [-0.1, -0.05) is 42.5 Å². The minimum absolute atomic E-state index is 0.107. The van der Waals surface area contributed by atoms with Crippen LogP contribution in [0.4, 0.5) is 0 Å². The number of allylic oxidation sites excluding steroid dienone is 3. The molecule has 0 amide bonds. The molecule has 3 N–H and O–H groups in total. The molecule has 2 rings (SSSR count). The molecule has 0 aliphatic rings. The van der Waals surface area contributed by atoms with Gasteiger partial charge in [-0.3, -0.25) is 0 Å². The van der Waals surface area contributed by atoms with Crippen LogP contribution >= 0.6 is 11.6 Å². The van der Waals surface area contributed by atoms with Crippen LogP contribution in [-0.2, 0) is 0 Å². The number of fused-ring (bicyclic) bond motifs is 1. The first-order chi connectivity index (χ1) is 12.2. The Morgan fingerprint density at radius 3 is 3.04 bits per heavy atom. The maximum Gasteiger partial charge on any atom is 0.149 e. The van der Waals surface area contributed by atoms with E-state index in [4.69, 9.17) is 21.4 Å². The maximum atomic E-state index is 8.89. The van der Waals surface area contributed by atoms with E-state index in [0.29, 0.717) is 30.3 Å². The van der Waals surface area contributed by atoms with Crippen molar-refractivity contribution in [1.29, 1.82) is 0 Å². The summed E-state index contributed by atoms with van der Waals surface area (Å²) < 4.78 is 6.20. The van der Waals surface area contributed by atoms with Crippen molar-refractivity contribution in [2.24, 2.45) is 0 Å². The third-order valence-corrected chi connectivity index (χ3v) is 3.84. The van der Waals surface area contributed by atoms with Gasteiger partial charge in [0.25, 0.3) is 0 Å². The highest BCUT2D eigenvalue weighted by molar-refractivity contribution is 6.31. The second-order valence-corrected chi connectivity index (χ2v) is 5.97. The van der Waals surface area contributed by atoms with Crippen LogP contribution in [-0.4, -0.2) is 40.9 Å². The topological polar surface area (TPSA) is 70.2 Å². The van der Waals surface area contributed by atoms with Gasteiger partial charge >= 0.3 is 0 Å². The Morgan fingerprint density at radius 2 is 2.28 bits per heavy atom. The van der Waals surface area contributed by atoms with Crippen molar-refractivity contribution in [3.05, 3.63) is 59.9 Å². The lowest BCUT2D eigenvalue weighted by Gasteiger charge is -2.20. The summed E-state index contributed by atoms with van der Waals surface area (Å²) >= 11 is 6.18. The lowest BCUT2D eigenvalue weighted by atomic mass is 10.1. The Labute approximate surface area is 153 Å². The molecule has 0 saturated heterocycles. The highest BCUT2D eigenvalue weighted by Crippen LogP contribution is 2.29. The SMILES string of the molecule is C=C(/C=C\C=C/C)[C@@H](CCNCCO)Oc1cc(Cl)cc2[nH]cnc12. The number of aromatic nitrogens is 2. The molecule has 134 valence electrons. The van der Waals surface area contributed by atoms with Crippen LogP contribution in [0.3, 0.4) is 0 Å². The molecule has 25 heavy (non-hydrogen) atoms. The number of rotatable bonds is 10. The van der Waals surface area contributed by atoms with E-state index in [-0.39, 0.29) is 12.7 Å². The van der Waals surface area contributed by atoms with Crippen LogP contribution in [0, 0.1) is 0 Å². The second-order valence-electron chi connectivity index (χ2n) is 5.53. The zero-order valence-electron chi connectivity index (χ0n) is 14.3. The summed E-state index contributed by atoms with van der Waals surface area (Å²) in [5.74, 6) is 0.622. The monoisotopic (exact) mass is 361 g/mol. The number of halogens is 1. The van der Waals surface area contributed by atoms with Crippen LogP contribution in [0.5, 0.6) is 5.75 Å². The predicted octanol–water partition coefficient (Wildman–Crippen LogP) is 3.62. The fourth-order valence-electron chi connectivity index (χ4n) is 2.38. The highest BCUT2D eigenvalue weighted by Gasteiger charge is 2.16.